The molecule has 4 nitrogen and oxygen atoms in total. The van der Waals surface area contributed by atoms with Gasteiger partial charge >= 0.3 is 0 Å². The van der Waals surface area contributed by atoms with Crippen LogP contribution in [0.3, 0.4) is 0 Å². The van der Waals surface area contributed by atoms with Gasteiger partial charge in [-0.15, -0.1) is 0 Å². The maximum absolute atomic E-state index is 5.45. The topological polar surface area (TPSA) is 36.9 Å². The van der Waals surface area contributed by atoms with Gasteiger partial charge in [0.15, 0.2) is 5.96 Å². The zero-order chi connectivity index (χ0) is 14.8. The summed E-state index contributed by atoms with van der Waals surface area (Å²) in [5.41, 5.74) is 1.24. The van der Waals surface area contributed by atoms with Gasteiger partial charge in [-0.05, 0) is 31.0 Å². The Kier molecular flexibility index (Phi) is 7.55. The summed E-state index contributed by atoms with van der Waals surface area (Å²) < 4.78 is 5.45. The fourth-order valence-corrected chi connectivity index (χ4v) is 1.97. The van der Waals surface area contributed by atoms with Crippen LogP contribution in [0, 0.1) is 0 Å². The minimum Gasteiger partial charge on any atom is -0.494 e. The molecule has 112 valence electrons. The zero-order valence-electron chi connectivity index (χ0n) is 13.1. The van der Waals surface area contributed by atoms with Crippen molar-refractivity contribution in [3.8, 4) is 5.75 Å². The predicted octanol–water partition coefficient (Wildman–Crippen LogP) is 2.89. The van der Waals surface area contributed by atoms with E-state index in [0.29, 0.717) is 6.61 Å². The van der Waals surface area contributed by atoms with Crippen LogP contribution in [0.2, 0.25) is 0 Å². The molecule has 1 rings (SSSR count). The van der Waals surface area contributed by atoms with Crippen molar-refractivity contribution in [2.75, 3.05) is 27.2 Å². The second-order valence-electron chi connectivity index (χ2n) is 4.76. The van der Waals surface area contributed by atoms with E-state index in [-0.39, 0.29) is 0 Å². The summed E-state index contributed by atoms with van der Waals surface area (Å²) in [6.45, 7) is 6.68. The Morgan fingerprint density at radius 1 is 1.25 bits per heavy atom. The van der Waals surface area contributed by atoms with E-state index in [1.54, 1.807) is 0 Å². The molecule has 0 aromatic heterocycles. The average Bonchev–Trinajstić information content (AvgIpc) is 2.46. The first-order valence-electron chi connectivity index (χ1n) is 7.34. The largest absolute Gasteiger partial charge is 0.494 e. The molecule has 0 saturated carbocycles. The summed E-state index contributed by atoms with van der Waals surface area (Å²) in [7, 11) is 3.88. The Bertz CT molecular complexity index is 401. The summed E-state index contributed by atoms with van der Waals surface area (Å²) in [5.74, 6) is 1.86. The molecule has 0 bridgehead atoms. The van der Waals surface area contributed by atoms with Crippen molar-refractivity contribution in [1.82, 2.24) is 10.2 Å². The third kappa shape index (κ3) is 5.51. The fourth-order valence-electron chi connectivity index (χ4n) is 1.97. The van der Waals surface area contributed by atoms with Gasteiger partial charge in [0.25, 0.3) is 0 Å². The minimum atomic E-state index is 0.702. The number of hydrogen-bond donors (Lipinski definition) is 1. The lowest BCUT2D eigenvalue weighted by Crippen LogP contribution is -2.38. The van der Waals surface area contributed by atoms with E-state index < -0.39 is 0 Å². The monoisotopic (exact) mass is 277 g/mol. The lowest BCUT2D eigenvalue weighted by Gasteiger charge is -2.22. The normalized spacial score (nSPS) is 11.3. The van der Waals surface area contributed by atoms with Crippen LogP contribution in [0.4, 0.5) is 0 Å². The summed E-state index contributed by atoms with van der Waals surface area (Å²) in [6.07, 6.45) is 2.35. The average molecular weight is 277 g/mol. The highest BCUT2D eigenvalue weighted by Gasteiger charge is 2.06. The molecule has 0 fully saturated rings. The molecule has 0 heterocycles. The van der Waals surface area contributed by atoms with E-state index in [1.807, 2.05) is 26.1 Å². The van der Waals surface area contributed by atoms with E-state index >= 15 is 0 Å². The van der Waals surface area contributed by atoms with Crippen LogP contribution in [0.25, 0.3) is 0 Å². The van der Waals surface area contributed by atoms with Crippen LogP contribution in [0.15, 0.2) is 29.3 Å². The van der Waals surface area contributed by atoms with Gasteiger partial charge in [0, 0.05) is 27.2 Å². The van der Waals surface area contributed by atoms with E-state index in [1.165, 1.54) is 12.0 Å². The predicted molar refractivity (Wildman–Crippen MR) is 85.3 cm³/mol. The Balaban J connectivity index is 2.52. The number of aliphatic imine (C=N–C) groups is 1. The van der Waals surface area contributed by atoms with Gasteiger partial charge in [-0.2, -0.15) is 0 Å². The summed E-state index contributed by atoms with van der Waals surface area (Å²) in [6, 6.07) is 8.22. The lowest BCUT2D eigenvalue weighted by atomic mass is 10.2. The Morgan fingerprint density at radius 2 is 1.95 bits per heavy atom. The van der Waals surface area contributed by atoms with Crippen LogP contribution < -0.4 is 10.1 Å². The molecule has 0 aliphatic heterocycles. The number of unbranched alkanes of at least 4 members (excludes halogenated alkanes) is 1. The third-order valence-electron chi connectivity index (χ3n) is 3.04. The summed E-state index contributed by atoms with van der Waals surface area (Å²) in [5, 5.41) is 3.37. The Hall–Kier alpha value is -1.71. The van der Waals surface area contributed by atoms with Crippen molar-refractivity contribution < 1.29 is 4.74 Å². The lowest BCUT2D eigenvalue weighted by molar-refractivity contribution is 0.340. The molecule has 4 heteroatoms. The number of benzene rings is 1. The molecule has 1 aromatic rings. The molecule has 0 atom stereocenters. The maximum Gasteiger partial charge on any atom is 0.193 e. The van der Waals surface area contributed by atoms with Crippen molar-refractivity contribution in [3.63, 3.8) is 0 Å². The van der Waals surface area contributed by atoms with Crippen LogP contribution in [0.5, 0.6) is 5.75 Å². The van der Waals surface area contributed by atoms with Gasteiger partial charge in [0.1, 0.15) is 5.75 Å². The number of rotatable bonds is 7. The smallest absolute Gasteiger partial charge is 0.193 e. The Morgan fingerprint density at radius 3 is 2.50 bits per heavy atom. The van der Waals surface area contributed by atoms with Gasteiger partial charge in [-0.3, -0.25) is 4.99 Å². The molecule has 0 spiro atoms. The molecule has 0 aliphatic carbocycles. The van der Waals surface area contributed by atoms with Crippen LogP contribution in [0.1, 0.15) is 32.3 Å². The Labute approximate surface area is 122 Å². The van der Waals surface area contributed by atoms with Crippen molar-refractivity contribution in [2.24, 2.45) is 4.99 Å². The first-order chi connectivity index (χ1) is 9.71. The van der Waals surface area contributed by atoms with Crippen molar-refractivity contribution >= 4 is 5.96 Å². The van der Waals surface area contributed by atoms with Crippen LogP contribution in [-0.4, -0.2) is 38.1 Å². The van der Waals surface area contributed by atoms with E-state index in [2.05, 4.69) is 41.3 Å². The van der Waals surface area contributed by atoms with Gasteiger partial charge < -0.3 is 15.0 Å². The standard InChI is InChI=1S/C16H27N3O/c1-5-7-12-18-16(17-3)19(4)13-14-8-10-15(11-9-14)20-6-2/h8-11H,5-7,12-13H2,1-4H3,(H,17,18). The number of nitrogens with zero attached hydrogens (tertiary/aromatic N) is 2. The molecule has 0 amide bonds. The molecule has 0 radical (unpaired) electrons. The van der Waals surface area contributed by atoms with Gasteiger partial charge in [-0.25, -0.2) is 0 Å². The highest BCUT2D eigenvalue weighted by atomic mass is 16.5. The molecule has 1 aromatic carbocycles. The molecular weight excluding hydrogens is 250 g/mol. The molecule has 0 aliphatic rings. The summed E-state index contributed by atoms with van der Waals surface area (Å²) >= 11 is 0. The second kappa shape index (κ2) is 9.23. The molecular formula is C16H27N3O. The van der Waals surface area contributed by atoms with Crippen molar-refractivity contribution in [3.05, 3.63) is 29.8 Å². The van der Waals surface area contributed by atoms with Crippen molar-refractivity contribution in [2.45, 2.75) is 33.2 Å². The molecule has 1 N–H and O–H groups in total. The first kappa shape index (κ1) is 16.3. The SMILES string of the molecule is CCCCNC(=NC)N(C)Cc1ccc(OCC)cc1. The molecule has 0 saturated heterocycles. The van der Waals surface area contributed by atoms with Crippen molar-refractivity contribution in [1.29, 1.82) is 0 Å². The summed E-state index contributed by atoms with van der Waals surface area (Å²) in [4.78, 5) is 6.44. The zero-order valence-corrected chi connectivity index (χ0v) is 13.1. The number of guanidine groups is 1. The van der Waals surface area contributed by atoms with E-state index in [0.717, 1.165) is 31.2 Å². The van der Waals surface area contributed by atoms with Gasteiger partial charge in [0.2, 0.25) is 0 Å². The quantitative estimate of drug-likeness (QED) is 0.473. The number of ether oxygens (including phenoxy) is 1. The van der Waals surface area contributed by atoms with E-state index in [4.69, 9.17) is 4.74 Å². The van der Waals surface area contributed by atoms with Crippen LogP contribution >= 0.6 is 0 Å². The molecule has 20 heavy (non-hydrogen) atoms. The maximum atomic E-state index is 5.45. The van der Waals surface area contributed by atoms with Crippen LogP contribution in [-0.2, 0) is 6.54 Å². The third-order valence-corrected chi connectivity index (χ3v) is 3.04. The van der Waals surface area contributed by atoms with Gasteiger partial charge in [-0.1, -0.05) is 25.5 Å². The first-order valence-corrected chi connectivity index (χ1v) is 7.34. The highest BCUT2D eigenvalue weighted by molar-refractivity contribution is 5.79. The fraction of sp³-hybridized carbons (Fsp3) is 0.562. The minimum absolute atomic E-state index is 0.702. The highest BCUT2D eigenvalue weighted by Crippen LogP contribution is 2.13. The molecule has 0 unspecified atom stereocenters. The number of nitrogens with one attached hydrogen (secondary N) is 1. The van der Waals surface area contributed by atoms with Gasteiger partial charge in [0.05, 0.1) is 6.61 Å². The second-order valence-corrected chi connectivity index (χ2v) is 4.76. The number of hydrogen-bond acceptors (Lipinski definition) is 2. The van der Waals surface area contributed by atoms with E-state index in [9.17, 15) is 0 Å².